The molecule has 1 aromatic carbocycles. The zero-order chi connectivity index (χ0) is 8.97. The Morgan fingerprint density at radius 1 is 1.50 bits per heavy atom. The van der Waals surface area contributed by atoms with Crippen molar-refractivity contribution in [2.45, 2.75) is 6.92 Å². The van der Waals surface area contributed by atoms with Crippen LogP contribution in [0.1, 0.15) is 5.56 Å². The van der Waals surface area contributed by atoms with E-state index in [2.05, 4.69) is 10.0 Å². The maximum atomic E-state index is 8.17. The lowest BCUT2D eigenvalue weighted by molar-refractivity contribution is 0.412. The van der Waals surface area contributed by atoms with Crippen LogP contribution < -0.4 is 4.74 Å². The molecule has 12 heavy (non-hydrogen) atoms. The number of methoxy groups -OCH3 is 1. The summed E-state index contributed by atoms with van der Waals surface area (Å²) in [5.41, 5.74) is 9.76. The number of benzene rings is 1. The molecule has 4 nitrogen and oxygen atoms in total. The molecule has 0 aliphatic heterocycles. The predicted octanol–water partition coefficient (Wildman–Crippen LogP) is 2.95. The van der Waals surface area contributed by atoms with Crippen molar-refractivity contribution in [2.24, 2.45) is 5.11 Å². The van der Waals surface area contributed by atoms with Crippen LogP contribution in [0, 0.1) is 6.92 Å². The average molecular weight is 163 g/mol. The second-order valence-electron chi connectivity index (χ2n) is 2.34. The standard InChI is InChI=1S/C8H9N3O/c1-6-3-4-7(10-11-9)5-8(6)12-2/h3-5H,1-2H3. The van der Waals surface area contributed by atoms with Gasteiger partial charge in [-0.3, -0.25) is 0 Å². The highest BCUT2D eigenvalue weighted by Gasteiger charge is 1.97. The van der Waals surface area contributed by atoms with Gasteiger partial charge in [0.15, 0.2) is 0 Å². The van der Waals surface area contributed by atoms with Crippen LogP contribution in [0.2, 0.25) is 0 Å². The molecular formula is C8H9N3O. The Morgan fingerprint density at radius 3 is 2.83 bits per heavy atom. The smallest absolute Gasteiger partial charge is 0.122 e. The molecule has 0 saturated heterocycles. The van der Waals surface area contributed by atoms with Gasteiger partial charge in [0.25, 0.3) is 0 Å². The molecule has 0 N–H and O–H groups in total. The monoisotopic (exact) mass is 163 g/mol. The first kappa shape index (κ1) is 8.43. The highest BCUT2D eigenvalue weighted by molar-refractivity contribution is 5.47. The predicted molar refractivity (Wildman–Crippen MR) is 46.5 cm³/mol. The summed E-state index contributed by atoms with van der Waals surface area (Å²) in [5.74, 6) is 0.736. The van der Waals surface area contributed by atoms with E-state index >= 15 is 0 Å². The Kier molecular flexibility index (Phi) is 2.56. The molecule has 0 aromatic heterocycles. The number of ether oxygens (including phenoxy) is 1. The van der Waals surface area contributed by atoms with Gasteiger partial charge in [0.2, 0.25) is 0 Å². The summed E-state index contributed by atoms with van der Waals surface area (Å²) in [7, 11) is 1.59. The van der Waals surface area contributed by atoms with Gasteiger partial charge in [-0.2, -0.15) is 0 Å². The van der Waals surface area contributed by atoms with Crippen molar-refractivity contribution in [1.82, 2.24) is 0 Å². The van der Waals surface area contributed by atoms with E-state index < -0.39 is 0 Å². The van der Waals surface area contributed by atoms with Gasteiger partial charge in [0.1, 0.15) is 5.75 Å². The normalized spacial score (nSPS) is 8.83. The third-order valence-corrected chi connectivity index (χ3v) is 1.55. The zero-order valence-corrected chi connectivity index (χ0v) is 6.98. The van der Waals surface area contributed by atoms with Gasteiger partial charge >= 0.3 is 0 Å². The minimum atomic E-state index is 0.569. The third-order valence-electron chi connectivity index (χ3n) is 1.55. The first-order valence-electron chi connectivity index (χ1n) is 3.47. The minimum Gasteiger partial charge on any atom is -0.496 e. The van der Waals surface area contributed by atoms with Gasteiger partial charge < -0.3 is 4.74 Å². The average Bonchev–Trinajstić information content (AvgIpc) is 2.09. The van der Waals surface area contributed by atoms with Crippen LogP contribution in [-0.2, 0) is 0 Å². The molecule has 62 valence electrons. The maximum Gasteiger partial charge on any atom is 0.122 e. The van der Waals surface area contributed by atoms with Crippen LogP contribution in [0.3, 0.4) is 0 Å². The topological polar surface area (TPSA) is 58.0 Å². The van der Waals surface area contributed by atoms with Crippen molar-refractivity contribution < 1.29 is 4.74 Å². The summed E-state index contributed by atoms with van der Waals surface area (Å²) in [6.07, 6.45) is 0. The molecule has 0 saturated carbocycles. The molecule has 0 unspecified atom stereocenters. The van der Waals surface area contributed by atoms with E-state index in [0.717, 1.165) is 11.3 Å². The van der Waals surface area contributed by atoms with Crippen LogP contribution in [-0.4, -0.2) is 7.11 Å². The zero-order valence-electron chi connectivity index (χ0n) is 6.98. The lowest BCUT2D eigenvalue weighted by Gasteiger charge is -2.03. The van der Waals surface area contributed by atoms with Crippen molar-refractivity contribution >= 4 is 5.69 Å². The minimum absolute atomic E-state index is 0.569. The molecule has 0 aliphatic carbocycles. The van der Waals surface area contributed by atoms with Crippen LogP contribution in [0.15, 0.2) is 23.3 Å². The van der Waals surface area contributed by atoms with E-state index in [1.165, 1.54) is 0 Å². The van der Waals surface area contributed by atoms with E-state index in [9.17, 15) is 0 Å². The van der Waals surface area contributed by atoms with E-state index in [-0.39, 0.29) is 0 Å². The quantitative estimate of drug-likeness (QED) is 0.375. The second kappa shape index (κ2) is 3.64. The van der Waals surface area contributed by atoms with Gasteiger partial charge in [-0.15, -0.1) is 0 Å². The first-order chi connectivity index (χ1) is 5.77. The van der Waals surface area contributed by atoms with Gasteiger partial charge in [-0.05, 0) is 24.1 Å². The number of hydrogen-bond acceptors (Lipinski definition) is 2. The molecule has 0 bridgehead atoms. The van der Waals surface area contributed by atoms with Crippen LogP contribution in [0.4, 0.5) is 5.69 Å². The highest BCUT2D eigenvalue weighted by Crippen LogP contribution is 2.23. The summed E-state index contributed by atoms with van der Waals surface area (Å²) in [4.78, 5) is 2.68. The largest absolute Gasteiger partial charge is 0.496 e. The Morgan fingerprint density at radius 2 is 2.25 bits per heavy atom. The fraction of sp³-hybridized carbons (Fsp3) is 0.250. The molecule has 1 aromatic rings. The number of rotatable bonds is 2. The van der Waals surface area contributed by atoms with Gasteiger partial charge in [0.05, 0.1) is 7.11 Å². The Labute approximate surface area is 70.4 Å². The van der Waals surface area contributed by atoms with Gasteiger partial charge in [-0.25, -0.2) is 0 Å². The molecule has 0 heterocycles. The van der Waals surface area contributed by atoms with Crippen molar-refractivity contribution in [1.29, 1.82) is 0 Å². The fourth-order valence-corrected chi connectivity index (χ4v) is 0.923. The lowest BCUT2D eigenvalue weighted by atomic mass is 10.2. The van der Waals surface area contributed by atoms with Crippen molar-refractivity contribution in [2.75, 3.05) is 7.11 Å². The Bertz CT molecular complexity index is 329. The fourth-order valence-electron chi connectivity index (χ4n) is 0.923. The summed E-state index contributed by atoms with van der Waals surface area (Å²) >= 11 is 0. The van der Waals surface area contributed by atoms with Crippen LogP contribution >= 0.6 is 0 Å². The van der Waals surface area contributed by atoms with E-state index in [0.29, 0.717) is 5.69 Å². The molecule has 0 radical (unpaired) electrons. The second-order valence-corrected chi connectivity index (χ2v) is 2.34. The molecule has 0 fully saturated rings. The lowest BCUT2D eigenvalue weighted by Crippen LogP contribution is -1.85. The summed E-state index contributed by atoms with van der Waals surface area (Å²) in [6, 6.07) is 5.30. The van der Waals surface area contributed by atoms with Crippen molar-refractivity contribution in [3.8, 4) is 5.75 Å². The number of nitrogens with zero attached hydrogens (tertiary/aromatic N) is 3. The maximum absolute atomic E-state index is 8.17. The Hall–Kier alpha value is -1.67. The van der Waals surface area contributed by atoms with E-state index in [1.54, 1.807) is 19.2 Å². The number of hydrogen-bond donors (Lipinski definition) is 0. The Balaban J connectivity index is 3.13. The van der Waals surface area contributed by atoms with Gasteiger partial charge in [-0.1, -0.05) is 17.2 Å². The van der Waals surface area contributed by atoms with Crippen LogP contribution in [0.25, 0.3) is 10.4 Å². The van der Waals surface area contributed by atoms with E-state index in [1.807, 2.05) is 13.0 Å². The molecular weight excluding hydrogens is 154 g/mol. The molecule has 1 rings (SSSR count). The molecule has 0 amide bonds. The summed E-state index contributed by atoms with van der Waals surface area (Å²) in [5, 5.41) is 3.46. The third kappa shape index (κ3) is 1.68. The highest BCUT2D eigenvalue weighted by atomic mass is 16.5. The molecule has 4 heteroatoms. The molecule has 0 spiro atoms. The van der Waals surface area contributed by atoms with Crippen molar-refractivity contribution in [3.05, 3.63) is 34.2 Å². The summed E-state index contributed by atoms with van der Waals surface area (Å²) in [6.45, 7) is 1.93. The first-order valence-corrected chi connectivity index (χ1v) is 3.47. The van der Waals surface area contributed by atoms with Crippen molar-refractivity contribution in [3.63, 3.8) is 0 Å². The summed E-state index contributed by atoms with van der Waals surface area (Å²) < 4.78 is 5.05. The molecule has 0 aliphatic rings. The number of azide groups is 1. The van der Waals surface area contributed by atoms with Gasteiger partial charge in [0, 0.05) is 10.6 Å². The van der Waals surface area contributed by atoms with E-state index in [4.69, 9.17) is 10.3 Å². The van der Waals surface area contributed by atoms with Crippen LogP contribution in [0.5, 0.6) is 5.75 Å². The SMILES string of the molecule is COc1cc(N=[N+]=[N-])ccc1C. The molecule has 0 atom stereocenters. The number of aryl methyl sites for hydroxylation is 1.